The first kappa shape index (κ1) is 54.3. The minimum Gasteiger partial charge on any atom is -0.463 e. The summed E-state index contributed by atoms with van der Waals surface area (Å²) in [5, 5.41) is 0. The quantitative estimate of drug-likeness (QED) is 0.0381. The molecular weight excluding hydrogens is 773 g/mol. The SMILES string of the molecule is CCCCCCCCCCCCCCCC(=O)OCCOCCOCCOCCOCCOCCOCCOCCOCCOCCOS(=O)(=O)c1ccc(C)cc1. The molecule has 0 fully saturated rings. The van der Waals surface area contributed by atoms with Crippen LogP contribution in [0.25, 0.3) is 0 Å². The van der Waals surface area contributed by atoms with Crippen LogP contribution in [0.5, 0.6) is 0 Å². The molecule has 1 aromatic rings. The standard InChI is InChI=1S/C43H78O14S/c1-3-4-5-6-7-8-9-10-11-12-13-14-15-16-43(44)56-39-37-54-35-33-52-31-29-50-27-25-48-23-21-47-22-24-49-26-28-51-30-32-53-34-36-55-38-40-57-58(45,46)42-19-17-41(2)18-20-42/h17-20H,3-16,21-40H2,1-2H3. The maximum Gasteiger partial charge on any atom is 0.305 e. The van der Waals surface area contributed by atoms with E-state index in [1.807, 2.05) is 6.92 Å². The molecule has 0 saturated heterocycles. The molecule has 0 radical (unpaired) electrons. The zero-order valence-corrected chi connectivity index (χ0v) is 36.8. The van der Waals surface area contributed by atoms with Crippen LogP contribution in [0.15, 0.2) is 29.2 Å². The van der Waals surface area contributed by atoms with Crippen molar-refractivity contribution in [3.05, 3.63) is 29.8 Å². The zero-order valence-electron chi connectivity index (χ0n) is 36.0. The summed E-state index contributed by atoms with van der Waals surface area (Å²) >= 11 is 0. The van der Waals surface area contributed by atoms with E-state index in [0.29, 0.717) is 119 Å². The predicted octanol–water partition coefficient (Wildman–Crippen LogP) is 6.87. The molecule has 0 aromatic heterocycles. The van der Waals surface area contributed by atoms with E-state index in [1.165, 1.54) is 82.8 Å². The fraction of sp³-hybridized carbons (Fsp3) is 0.837. The number of benzene rings is 1. The third kappa shape index (κ3) is 37.3. The number of carbonyl (C=O) groups is 1. The van der Waals surface area contributed by atoms with Crippen LogP contribution < -0.4 is 0 Å². The van der Waals surface area contributed by atoms with Gasteiger partial charge in [-0.05, 0) is 25.5 Å². The van der Waals surface area contributed by atoms with Crippen LogP contribution >= 0.6 is 0 Å². The Bertz CT molecular complexity index is 1120. The van der Waals surface area contributed by atoms with Crippen molar-refractivity contribution in [2.45, 2.75) is 109 Å². The summed E-state index contributed by atoms with van der Waals surface area (Å²) < 4.78 is 83.6. The van der Waals surface area contributed by atoms with E-state index in [-0.39, 0.29) is 30.7 Å². The van der Waals surface area contributed by atoms with Gasteiger partial charge in [0.15, 0.2) is 0 Å². The number of aryl methyl sites for hydroxylation is 1. The Labute approximate surface area is 350 Å². The average Bonchev–Trinajstić information content (AvgIpc) is 3.21. The smallest absolute Gasteiger partial charge is 0.305 e. The van der Waals surface area contributed by atoms with Gasteiger partial charge in [-0.15, -0.1) is 0 Å². The van der Waals surface area contributed by atoms with Gasteiger partial charge in [-0.3, -0.25) is 8.98 Å². The second-order valence-corrected chi connectivity index (χ2v) is 15.4. The van der Waals surface area contributed by atoms with Gasteiger partial charge >= 0.3 is 5.97 Å². The lowest BCUT2D eigenvalue weighted by Crippen LogP contribution is -2.16. The molecule has 0 spiro atoms. The lowest BCUT2D eigenvalue weighted by Gasteiger charge is -2.09. The molecule has 1 rings (SSSR count). The number of hydrogen-bond donors (Lipinski definition) is 0. The van der Waals surface area contributed by atoms with Crippen LogP contribution in [0.3, 0.4) is 0 Å². The molecule has 1 aromatic carbocycles. The van der Waals surface area contributed by atoms with Crippen molar-refractivity contribution in [3.8, 4) is 0 Å². The minimum absolute atomic E-state index is 0.0623. The summed E-state index contributed by atoms with van der Waals surface area (Å²) in [5.41, 5.74) is 0.974. The Morgan fingerprint density at radius 1 is 0.414 bits per heavy atom. The minimum atomic E-state index is -3.78. The monoisotopic (exact) mass is 851 g/mol. The van der Waals surface area contributed by atoms with E-state index in [2.05, 4.69) is 6.92 Å². The van der Waals surface area contributed by atoms with Gasteiger partial charge in [0, 0.05) is 6.42 Å². The lowest BCUT2D eigenvalue weighted by molar-refractivity contribution is -0.145. The molecule has 0 saturated carbocycles. The molecule has 0 amide bonds. The predicted molar refractivity (Wildman–Crippen MR) is 223 cm³/mol. The van der Waals surface area contributed by atoms with Gasteiger partial charge in [0.25, 0.3) is 10.1 Å². The van der Waals surface area contributed by atoms with Crippen molar-refractivity contribution in [1.29, 1.82) is 0 Å². The number of esters is 1. The Morgan fingerprint density at radius 3 is 1.05 bits per heavy atom. The summed E-state index contributed by atoms with van der Waals surface area (Å²) in [5.74, 6) is -0.140. The van der Waals surface area contributed by atoms with Gasteiger partial charge in [0.05, 0.1) is 130 Å². The summed E-state index contributed by atoms with van der Waals surface area (Å²) in [6, 6.07) is 6.48. The summed E-state index contributed by atoms with van der Waals surface area (Å²) in [6.07, 6.45) is 17.2. The van der Waals surface area contributed by atoms with Crippen molar-refractivity contribution in [1.82, 2.24) is 0 Å². The number of hydrogen-bond acceptors (Lipinski definition) is 14. The van der Waals surface area contributed by atoms with Crippen LogP contribution in [0.1, 0.15) is 102 Å². The van der Waals surface area contributed by atoms with Gasteiger partial charge < -0.3 is 47.4 Å². The number of ether oxygens (including phenoxy) is 10. The van der Waals surface area contributed by atoms with Crippen molar-refractivity contribution in [2.24, 2.45) is 0 Å². The van der Waals surface area contributed by atoms with Crippen LogP contribution in [-0.4, -0.2) is 147 Å². The van der Waals surface area contributed by atoms with E-state index in [0.717, 1.165) is 18.4 Å². The Hall–Kier alpha value is -1.76. The third-order valence-corrected chi connectivity index (χ3v) is 10.1. The summed E-state index contributed by atoms with van der Waals surface area (Å²) in [4.78, 5) is 12.0. The van der Waals surface area contributed by atoms with E-state index >= 15 is 0 Å². The normalized spacial score (nSPS) is 11.8. The van der Waals surface area contributed by atoms with Crippen LogP contribution in [0, 0.1) is 6.92 Å². The van der Waals surface area contributed by atoms with Crippen molar-refractivity contribution in [2.75, 3.05) is 132 Å². The maximum atomic E-state index is 12.1. The molecule has 0 aliphatic rings. The largest absolute Gasteiger partial charge is 0.463 e. The molecule has 0 unspecified atom stereocenters. The molecule has 58 heavy (non-hydrogen) atoms. The van der Waals surface area contributed by atoms with Crippen LogP contribution in [0.4, 0.5) is 0 Å². The first-order valence-electron chi connectivity index (χ1n) is 21.8. The van der Waals surface area contributed by atoms with Gasteiger partial charge in [-0.25, -0.2) is 0 Å². The Kier molecular flexibility index (Phi) is 39.2. The highest BCUT2D eigenvalue weighted by Crippen LogP contribution is 2.14. The summed E-state index contributed by atoms with van der Waals surface area (Å²) in [7, 11) is -3.78. The highest BCUT2D eigenvalue weighted by molar-refractivity contribution is 7.86. The molecule has 0 heterocycles. The first-order valence-corrected chi connectivity index (χ1v) is 23.2. The van der Waals surface area contributed by atoms with Crippen molar-refractivity contribution >= 4 is 16.1 Å². The Balaban J connectivity index is 1.67. The molecule has 340 valence electrons. The molecule has 0 aliphatic heterocycles. The molecule has 14 nitrogen and oxygen atoms in total. The van der Waals surface area contributed by atoms with Crippen molar-refractivity contribution < 1.29 is 64.8 Å². The van der Waals surface area contributed by atoms with Gasteiger partial charge in [0.1, 0.15) is 6.61 Å². The second-order valence-electron chi connectivity index (χ2n) is 13.8. The van der Waals surface area contributed by atoms with E-state index < -0.39 is 10.1 Å². The second kappa shape index (κ2) is 42.0. The zero-order chi connectivity index (χ0) is 41.9. The lowest BCUT2D eigenvalue weighted by atomic mass is 10.0. The van der Waals surface area contributed by atoms with Crippen LogP contribution in [0.2, 0.25) is 0 Å². The fourth-order valence-corrected chi connectivity index (χ4v) is 6.30. The highest BCUT2D eigenvalue weighted by atomic mass is 32.2. The van der Waals surface area contributed by atoms with Crippen molar-refractivity contribution in [3.63, 3.8) is 0 Å². The van der Waals surface area contributed by atoms with E-state index in [9.17, 15) is 13.2 Å². The van der Waals surface area contributed by atoms with Crippen LogP contribution in [-0.2, 0) is 66.5 Å². The fourth-order valence-electron chi connectivity index (χ4n) is 5.41. The molecule has 0 N–H and O–H groups in total. The number of carbonyl (C=O) groups excluding carboxylic acids is 1. The molecular formula is C43H78O14S. The van der Waals surface area contributed by atoms with Gasteiger partial charge in [-0.1, -0.05) is 102 Å². The molecule has 15 heteroatoms. The van der Waals surface area contributed by atoms with E-state index in [4.69, 9.17) is 51.6 Å². The van der Waals surface area contributed by atoms with Gasteiger partial charge in [-0.2, -0.15) is 8.42 Å². The highest BCUT2D eigenvalue weighted by Gasteiger charge is 2.14. The average molecular weight is 851 g/mol. The molecule has 0 aliphatic carbocycles. The first-order chi connectivity index (χ1) is 28.5. The number of unbranched alkanes of at least 4 members (excludes halogenated alkanes) is 12. The third-order valence-electron chi connectivity index (χ3n) is 8.73. The molecule has 0 bridgehead atoms. The molecule has 0 atom stereocenters. The summed E-state index contributed by atoms with van der Waals surface area (Å²) in [6.45, 7) is 12.0. The maximum absolute atomic E-state index is 12.1. The number of rotatable bonds is 46. The topological polar surface area (TPSA) is 153 Å². The van der Waals surface area contributed by atoms with Gasteiger partial charge in [0.2, 0.25) is 0 Å². The Morgan fingerprint density at radius 2 is 0.707 bits per heavy atom. The van der Waals surface area contributed by atoms with E-state index in [1.54, 1.807) is 12.1 Å².